The molecule has 100 valence electrons. The summed E-state index contributed by atoms with van der Waals surface area (Å²) in [6.07, 6.45) is -3.41. The summed E-state index contributed by atoms with van der Waals surface area (Å²) in [5.41, 5.74) is 0.0713. The highest BCUT2D eigenvalue weighted by atomic mass is 19.4. The number of rotatable bonds is 3. The van der Waals surface area contributed by atoms with Crippen molar-refractivity contribution in [1.29, 1.82) is 0 Å². The van der Waals surface area contributed by atoms with Crippen LogP contribution in [0.3, 0.4) is 0 Å². The van der Waals surface area contributed by atoms with Crippen LogP contribution in [0.25, 0.3) is 0 Å². The molecule has 1 fully saturated rings. The van der Waals surface area contributed by atoms with Gasteiger partial charge in [-0.25, -0.2) is 0 Å². The number of benzene rings is 1. The van der Waals surface area contributed by atoms with Crippen molar-refractivity contribution in [2.45, 2.75) is 18.6 Å². The third-order valence-electron chi connectivity index (χ3n) is 3.32. The Kier molecular flexibility index (Phi) is 3.92. The predicted molar refractivity (Wildman–Crippen MR) is 62.2 cm³/mol. The lowest BCUT2D eigenvalue weighted by molar-refractivity contribution is -0.137. The summed E-state index contributed by atoms with van der Waals surface area (Å²) in [6.45, 7) is 1.28. The van der Waals surface area contributed by atoms with Gasteiger partial charge in [0.05, 0.1) is 12.2 Å². The van der Waals surface area contributed by atoms with Crippen LogP contribution >= 0.6 is 0 Å². The quantitative estimate of drug-likeness (QED) is 0.901. The van der Waals surface area contributed by atoms with E-state index in [4.69, 9.17) is 4.74 Å². The predicted octanol–water partition coefficient (Wildman–Crippen LogP) is 3.00. The summed E-state index contributed by atoms with van der Waals surface area (Å²) in [7, 11) is 1.77. The normalized spacial score (nSPS) is 22.1. The van der Waals surface area contributed by atoms with Crippen molar-refractivity contribution in [2.75, 3.05) is 20.3 Å². The van der Waals surface area contributed by atoms with Crippen LogP contribution in [-0.4, -0.2) is 20.3 Å². The van der Waals surface area contributed by atoms with Gasteiger partial charge in [0.25, 0.3) is 0 Å². The van der Waals surface area contributed by atoms with E-state index < -0.39 is 11.7 Å². The molecule has 1 aromatic rings. The van der Waals surface area contributed by atoms with E-state index in [1.165, 1.54) is 12.1 Å². The van der Waals surface area contributed by atoms with E-state index in [1.54, 1.807) is 13.1 Å². The molecule has 1 saturated heterocycles. The Morgan fingerprint density at radius 1 is 1.39 bits per heavy atom. The van der Waals surface area contributed by atoms with Crippen LogP contribution in [0.5, 0.6) is 0 Å². The molecular formula is C13H16F3NO. The molecule has 18 heavy (non-hydrogen) atoms. The van der Waals surface area contributed by atoms with Crippen molar-refractivity contribution in [2.24, 2.45) is 5.92 Å². The molecule has 0 saturated carbocycles. The molecule has 0 aromatic heterocycles. The molecule has 0 bridgehead atoms. The van der Waals surface area contributed by atoms with Crippen molar-refractivity contribution < 1.29 is 17.9 Å². The number of hydrogen-bond acceptors (Lipinski definition) is 2. The molecule has 2 nitrogen and oxygen atoms in total. The maximum absolute atomic E-state index is 12.7. The van der Waals surface area contributed by atoms with Gasteiger partial charge in [-0.3, -0.25) is 0 Å². The molecule has 0 amide bonds. The fourth-order valence-electron chi connectivity index (χ4n) is 2.40. The smallest absolute Gasteiger partial charge is 0.381 e. The molecule has 5 heteroatoms. The zero-order valence-corrected chi connectivity index (χ0v) is 10.1. The summed E-state index contributed by atoms with van der Waals surface area (Å²) in [6, 6.07) is 5.42. The van der Waals surface area contributed by atoms with Crippen molar-refractivity contribution in [1.82, 2.24) is 5.32 Å². The summed E-state index contributed by atoms with van der Waals surface area (Å²) in [4.78, 5) is 0. The Labute approximate surface area is 104 Å². The maximum atomic E-state index is 12.7. The Bertz CT molecular complexity index is 399. The minimum absolute atomic E-state index is 0.0881. The molecular weight excluding hydrogens is 243 g/mol. The van der Waals surface area contributed by atoms with Crippen LogP contribution in [0.4, 0.5) is 13.2 Å². The van der Waals surface area contributed by atoms with E-state index in [-0.39, 0.29) is 12.0 Å². The minimum Gasteiger partial charge on any atom is -0.381 e. The summed E-state index contributed by atoms with van der Waals surface area (Å²) < 4.78 is 43.3. The van der Waals surface area contributed by atoms with E-state index >= 15 is 0 Å². The first kappa shape index (κ1) is 13.4. The molecule has 2 atom stereocenters. The zero-order valence-electron chi connectivity index (χ0n) is 10.1. The molecule has 0 radical (unpaired) electrons. The van der Waals surface area contributed by atoms with Gasteiger partial charge >= 0.3 is 6.18 Å². The minimum atomic E-state index is -4.29. The SMILES string of the molecule is CNC(c1cccc(C(F)(F)F)c1)C1CCOC1. The van der Waals surface area contributed by atoms with Crippen molar-refractivity contribution in [3.05, 3.63) is 35.4 Å². The first-order chi connectivity index (χ1) is 8.52. The van der Waals surface area contributed by atoms with Gasteiger partial charge in [0, 0.05) is 18.6 Å². The Balaban J connectivity index is 2.25. The fraction of sp³-hybridized carbons (Fsp3) is 0.538. The van der Waals surface area contributed by atoms with E-state index in [1.807, 2.05) is 0 Å². The molecule has 0 aliphatic carbocycles. The molecule has 1 N–H and O–H groups in total. The highest BCUT2D eigenvalue weighted by Crippen LogP contribution is 2.33. The van der Waals surface area contributed by atoms with Crippen molar-refractivity contribution >= 4 is 0 Å². The summed E-state index contributed by atoms with van der Waals surface area (Å²) in [5, 5.41) is 3.09. The lowest BCUT2D eigenvalue weighted by Crippen LogP contribution is -2.25. The number of ether oxygens (including phenoxy) is 1. The number of hydrogen-bond donors (Lipinski definition) is 1. The van der Waals surface area contributed by atoms with Gasteiger partial charge < -0.3 is 10.1 Å². The van der Waals surface area contributed by atoms with Gasteiger partial charge in [-0.15, -0.1) is 0 Å². The maximum Gasteiger partial charge on any atom is 0.416 e. The third-order valence-corrected chi connectivity index (χ3v) is 3.32. The van der Waals surface area contributed by atoms with Crippen molar-refractivity contribution in [3.8, 4) is 0 Å². The van der Waals surface area contributed by atoms with Gasteiger partial charge in [-0.1, -0.05) is 12.1 Å². The highest BCUT2D eigenvalue weighted by Gasteiger charge is 2.32. The standard InChI is InChI=1S/C13H16F3NO/c1-17-12(10-5-6-18-8-10)9-3-2-4-11(7-9)13(14,15)16/h2-4,7,10,12,17H,5-6,8H2,1H3. The number of alkyl halides is 3. The number of nitrogens with one attached hydrogen (secondary N) is 1. The Morgan fingerprint density at radius 2 is 2.17 bits per heavy atom. The topological polar surface area (TPSA) is 21.3 Å². The van der Waals surface area contributed by atoms with Crippen molar-refractivity contribution in [3.63, 3.8) is 0 Å². The molecule has 2 rings (SSSR count). The van der Waals surface area contributed by atoms with Crippen LogP contribution in [0.2, 0.25) is 0 Å². The monoisotopic (exact) mass is 259 g/mol. The highest BCUT2D eigenvalue weighted by molar-refractivity contribution is 5.28. The van der Waals surface area contributed by atoms with E-state index in [9.17, 15) is 13.2 Å². The van der Waals surface area contributed by atoms with Crippen LogP contribution in [0.1, 0.15) is 23.6 Å². The first-order valence-electron chi connectivity index (χ1n) is 5.94. The average molecular weight is 259 g/mol. The zero-order chi connectivity index (χ0) is 13.2. The Hall–Kier alpha value is -1.07. The van der Waals surface area contributed by atoms with E-state index in [0.717, 1.165) is 12.5 Å². The van der Waals surface area contributed by atoms with Crippen LogP contribution in [0, 0.1) is 5.92 Å². The molecule has 1 aromatic carbocycles. The Morgan fingerprint density at radius 3 is 2.72 bits per heavy atom. The van der Waals surface area contributed by atoms with Gasteiger partial charge in [-0.05, 0) is 31.2 Å². The molecule has 1 heterocycles. The first-order valence-corrected chi connectivity index (χ1v) is 5.94. The summed E-state index contributed by atoms with van der Waals surface area (Å²) in [5.74, 6) is 0.235. The van der Waals surface area contributed by atoms with Gasteiger partial charge in [0.2, 0.25) is 0 Å². The average Bonchev–Trinajstić information content (AvgIpc) is 2.83. The van der Waals surface area contributed by atoms with Gasteiger partial charge in [-0.2, -0.15) is 13.2 Å². The van der Waals surface area contributed by atoms with E-state index in [2.05, 4.69) is 5.32 Å². The fourth-order valence-corrected chi connectivity index (χ4v) is 2.40. The van der Waals surface area contributed by atoms with Crippen LogP contribution in [0.15, 0.2) is 24.3 Å². The second kappa shape index (κ2) is 5.28. The van der Waals surface area contributed by atoms with Gasteiger partial charge in [0.1, 0.15) is 0 Å². The van der Waals surface area contributed by atoms with Gasteiger partial charge in [0.15, 0.2) is 0 Å². The second-order valence-electron chi connectivity index (χ2n) is 4.51. The van der Waals surface area contributed by atoms with Crippen LogP contribution in [-0.2, 0) is 10.9 Å². The molecule has 1 aliphatic heterocycles. The number of halogens is 3. The lowest BCUT2D eigenvalue weighted by atomic mass is 9.91. The molecule has 1 aliphatic rings. The second-order valence-corrected chi connectivity index (χ2v) is 4.51. The largest absolute Gasteiger partial charge is 0.416 e. The third kappa shape index (κ3) is 2.84. The van der Waals surface area contributed by atoms with Crippen LogP contribution < -0.4 is 5.32 Å². The molecule has 2 unspecified atom stereocenters. The summed E-state index contributed by atoms with van der Waals surface area (Å²) >= 11 is 0. The molecule has 0 spiro atoms. The van der Waals surface area contributed by atoms with E-state index in [0.29, 0.717) is 18.8 Å². The lowest BCUT2D eigenvalue weighted by Gasteiger charge is -2.23.